The minimum atomic E-state index is -0.521. The van der Waals surface area contributed by atoms with Gasteiger partial charge in [-0.1, -0.05) is 0 Å². The molecule has 0 bridgehead atoms. The summed E-state index contributed by atoms with van der Waals surface area (Å²) >= 11 is 0. The molecular weight excluding hydrogens is 160 g/mol. The van der Waals surface area contributed by atoms with Gasteiger partial charge in [-0.3, -0.25) is 0 Å². The van der Waals surface area contributed by atoms with E-state index >= 15 is 0 Å². The average Bonchev–Trinajstić information content (AvgIpc) is 2.42. The SMILES string of the molecule is CC1(C)O[C@@H]2[C@@H](CO)OC[C@H]2O1. The van der Waals surface area contributed by atoms with Gasteiger partial charge in [-0.2, -0.15) is 0 Å². The monoisotopic (exact) mass is 174 g/mol. The highest BCUT2D eigenvalue weighted by Crippen LogP contribution is 2.34. The van der Waals surface area contributed by atoms with Crippen LogP contribution in [-0.2, 0) is 14.2 Å². The van der Waals surface area contributed by atoms with Gasteiger partial charge in [0, 0.05) is 0 Å². The number of ether oxygens (including phenoxy) is 3. The lowest BCUT2D eigenvalue weighted by Crippen LogP contribution is -2.31. The van der Waals surface area contributed by atoms with Crippen LogP contribution in [0, 0.1) is 0 Å². The second-order valence-corrected chi connectivity index (χ2v) is 3.69. The normalized spacial score (nSPS) is 44.8. The fourth-order valence-corrected chi connectivity index (χ4v) is 1.78. The maximum Gasteiger partial charge on any atom is 0.164 e. The van der Waals surface area contributed by atoms with E-state index in [1.165, 1.54) is 0 Å². The maximum atomic E-state index is 8.92. The fourth-order valence-electron chi connectivity index (χ4n) is 1.78. The molecule has 2 fully saturated rings. The van der Waals surface area contributed by atoms with Crippen LogP contribution in [0.5, 0.6) is 0 Å². The van der Waals surface area contributed by atoms with Crippen LogP contribution >= 0.6 is 0 Å². The quantitative estimate of drug-likeness (QED) is 0.603. The Hall–Kier alpha value is -0.160. The van der Waals surface area contributed by atoms with E-state index in [-0.39, 0.29) is 24.9 Å². The molecule has 12 heavy (non-hydrogen) atoms. The highest BCUT2D eigenvalue weighted by molar-refractivity contribution is 4.91. The fraction of sp³-hybridized carbons (Fsp3) is 1.00. The van der Waals surface area contributed by atoms with E-state index in [0.717, 1.165) is 0 Å². The van der Waals surface area contributed by atoms with E-state index in [9.17, 15) is 0 Å². The highest BCUT2D eigenvalue weighted by atomic mass is 16.8. The molecular formula is C8H14O4. The third kappa shape index (κ3) is 1.25. The summed E-state index contributed by atoms with van der Waals surface area (Å²) in [6.07, 6.45) is -0.307. The molecule has 1 N–H and O–H groups in total. The molecule has 0 saturated carbocycles. The van der Waals surface area contributed by atoms with Crippen LogP contribution in [0.4, 0.5) is 0 Å². The van der Waals surface area contributed by atoms with Crippen LogP contribution in [0.2, 0.25) is 0 Å². The van der Waals surface area contributed by atoms with Crippen LogP contribution in [0.3, 0.4) is 0 Å². The molecule has 2 aliphatic heterocycles. The summed E-state index contributed by atoms with van der Waals surface area (Å²) < 4.78 is 16.4. The Labute approximate surface area is 71.4 Å². The first-order valence-corrected chi connectivity index (χ1v) is 4.20. The number of hydrogen-bond donors (Lipinski definition) is 1. The molecule has 2 aliphatic rings. The molecule has 0 aliphatic carbocycles. The number of hydrogen-bond acceptors (Lipinski definition) is 4. The number of aliphatic hydroxyl groups is 1. The van der Waals surface area contributed by atoms with Crippen molar-refractivity contribution in [3.63, 3.8) is 0 Å². The molecule has 0 unspecified atom stereocenters. The van der Waals surface area contributed by atoms with Crippen molar-refractivity contribution in [1.29, 1.82) is 0 Å². The number of rotatable bonds is 1. The minimum Gasteiger partial charge on any atom is -0.394 e. The molecule has 3 atom stereocenters. The lowest BCUT2D eigenvalue weighted by molar-refractivity contribution is -0.177. The maximum absolute atomic E-state index is 8.92. The van der Waals surface area contributed by atoms with E-state index < -0.39 is 5.79 Å². The zero-order valence-electron chi connectivity index (χ0n) is 7.32. The Kier molecular flexibility index (Phi) is 1.88. The van der Waals surface area contributed by atoms with Gasteiger partial charge < -0.3 is 19.3 Å². The zero-order valence-corrected chi connectivity index (χ0v) is 7.32. The summed E-state index contributed by atoms with van der Waals surface area (Å²) in [4.78, 5) is 0. The van der Waals surface area contributed by atoms with Crippen LogP contribution in [-0.4, -0.2) is 42.4 Å². The highest BCUT2D eigenvalue weighted by Gasteiger charge is 2.49. The average molecular weight is 174 g/mol. The van der Waals surface area contributed by atoms with Crippen LogP contribution in [0.1, 0.15) is 13.8 Å². The van der Waals surface area contributed by atoms with Gasteiger partial charge in [0.25, 0.3) is 0 Å². The summed E-state index contributed by atoms with van der Waals surface area (Å²) in [5.41, 5.74) is 0. The van der Waals surface area contributed by atoms with Crippen molar-refractivity contribution in [2.75, 3.05) is 13.2 Å². The van der Waals surface area contributed by atoms with Gasteiger partial charge in [0.15, 0.2) is 5.79 Å². The number of fused-ring (bicyclic) bond motifs is 1. The molecule has 0 aromatic carbocycles. The van der Waals surface area contributed by atoms with E-state index in [1.54, 1.807) is 0 Å². The summed E-state index contributed by atoms with van der Waals surface area (Å²) in [5.74, 6) is -0.521. The smallest absolute Gasteiger partial charge is 0.164 e. The Bertz CT molecular complexity index is 180. The molecule has 2 heterocycles. The molecule has 4 nitrogen and oxygen atoms in total. The molecule has 0 aromatic rings. The van der Waals surface area contributed by atoms with Gasteiger partial charge in [-0.15, -0.1) is 0 Å². The van der Waals surface area contributed by atoms with Gasteiger partial charge >= 0.3 is 0 Å². The van der Waals surface area contributed by atoms with Crippen molar-refractivity contribution in [2.24, 2.45) is 0 Å². The van der Waals surface area contributed by atoms with E-state index in [1.807, 2.05) is 13.8 Å². The molecule has 2 saturated heterocycles. The standard InChI is InChI=1S/C8H14O4/c1-8(2)11-6-4-10-5(3-9)7(6)12-8/h5-7,9H,3-4H2,1-2H3/t5-,6-,7-/m1/s1. The Morgan fingerprint density at radius 3 is 2.83 bits per heavy atom. The van der Waals surface area contributed by atoms with Crippen molar-refractivity contribution < 1.29 is 19.3 Å². The molecule has 0 spiro atoms. The minimum absolute atomic E-state index is 0.000602. The molecule has 2 rings (SSSR count). The van der Waals surface area contributed by atoms with Crippen molar-refractivity contribution in [2.45, 2.75) is 37.9 Å². The van der Waals surface area contributed by atoms with Crippen molar-refractivity contribution in [1.82, 2.24) is 0 Å². The Morgan fingerprint density at radius 1 is 1.42 bits per heavy atom. The lowest BCUT2D eigenvalue weighted by Gasteiger charge is -2.20. The second kappa shape index (κ2) is 2.67. The van der Waals surface area contributed by atoms with Gasteiger partial charge in [0.05, 0.1) is 13.2 Å². The predicted molar refractivity (Wildman–Crippen MR) is 40.7 cm³/mol. The predicted octanol–water partition coefficient (Wildman–Crippen LogP) is -0.102. The summed E-state index contributed by atoms with van der Waals surface area (Å²) in [7, 11) is 0. The van der Waals surface area contributed by atoms with E-state index in [0.29, 0.717) is 6.61 Å². The Morgan fingerprint density at radius 2 is 2.17 bits per heavy atom. The summed E-state index contributed by atoms with van der Waals surface area (Å²) in [6.45, 7) is 4.28. The molecule has 0 amide bonds. The molecule has 70 valence electrons. The zero-order chi connectivity index (χ0) is 8.77. The van der Waals surface area contributed by atoms with Gasteiger partial charge in [0.1, 0.15) is 18.3 Å². The van der Waals surface area contributed by atoms with Gasteiger partial charge in [-0.05, 0) is 13.8 Å². The summed E-state index contributed by atoms with van der Waals surface area (Å²) in [5, 5.41) is 8.92. The van der Waals surface area contributed by atoms with E-state index in [2.05, 4.69) is 0 Å². The van der Waals surface area contributed by atoms with Crippen molar-refractivity contribution in [3.8, 4) is 0 Å². The lowest BCUT2D eigenvalue weighted by atomic mass is 10.2. The van der Waals surface area contributed by atoms with Crippen LogP contribution in [0.15, 0.2) is 0 Å². The third-order valence-corrected chi connectivity index (χ3v) is 2.24. The molecule has 4 heteroatoms. The number of aliphatic hydroxyl groups excluding tert-OH is 1. The van der Waals surface area contributed by atoms with E-state index in [4.69, 9.17) is 19.3 Å². The third-order valence-electron chi connectivity index (χ3n) is 2.24. The summed E-state index contributed by atoms with van der Waals surface area (Å²) in [6, 6.07) is 0. The Balaban J connectivity index is 2.06. The van der Waals surface area contributed by atoms with Crippen LogP contribution < -0.4 is 0 Å². The van der Waals surface area contributed by atoms with Gasteiger partial charge in [0.2, 0.25) is 0 Å². The largest absolute Gasteiger partial charge is 0.394 e. The first kappa shape index (κ1) is 8.44. The van der Waals surface area contributed by atoms with Gasteiger partial charge in [-0.25, -0.2) is 0 Å². The molecule has 0 radical (unpaired) electrons. The van der Waals surface area contributed by atoms with Crippen molar-refractivity contribution in [3.05, 3.63) is 0 Å². The van der Waals surface area contributed by atoms with Crippen LogP contribution in [0.25, 0.3) is 0 Å². The molecule has 0 aromatic heterocycles. The second-order valence-electron chi connectivity index (χ2n) is 3.69. The topological polar surface area (TPSA) is 47.9 Å². The first-order valence-electron chi connectivity index (χ1n) is 4.20. The first-order chi connectivity index (χ1) is 5.62. The van der Waals surface area contributed by atoms with Crippen molar-refractivity contribution >= 4 is 0 Å².